The summed E-state index contributed by atoms with van der Waals surface area (Å²) in [7, 11) is -3.49. The van der Waals surface area contributed by atoms with E-state index in [0.717, 1.165) is 0 Å². The molecular formula is C15H19FN2O3S. The number of amides is 1. The highest BCUT2D eigenvalue weighted by Crippen LogP contribution is 2.14. The lowest BCUT2D eigenvalue weighted by Crippen LogP contribution is -2.52. The monoisotopic (exact) mass is 326 g/mol. The van der Waals surface area contributed by atoms with Crippen LogP contribution in [0, 0.1) is 5.82 Å². The fourth-order valence-electron chi connectivity index (χ4n) is 2.35. The maximum Gasteiger partial charge on any atom is 0.238 e. The Labute approximate surface area is 130 Å². The summed E-state index contributed by atoms with van der Waals surface area (Å²) in [6, 6.07) is 6.04. The smallest absolute Gasteiger partial charge is 0.238 e. The van der Waals surface area contributed by atoms with Crippen LogP contribution in [0.2, 0.25) is 0 Å². The van der Waals surface area contributed by atoms with Crippen LogP contribution >= 0.6 is 0 Å². The Bertz CT molecular complexity index is 688. The lowest BCUT2D eigenvalue weighted by Gasteiger charge is -2.33. The van der Waals surface area contributed by atoms with Gasteiger partial charge >= 0.3 is 0 Å². The number of piperazine rings is 1. The Hall–Kier alpha value is -1.73. The first-order chi connectivity index (χ1) is 10.3. The zero-order valence-electron chi connectivity index (χ0n) is 12.5. The minimum absolute atomic E-state index is 0.149. The number of sulfonamides is 1. The first kappa shape index (κ1) is 16.6. The molecule has 0 bridgehead atoms. The molecule has 1 saturated heterocycles. The average molecular weight is 326 g/mol. The first-order valence-corrected chi connectivity index (χ1v) is 8.53. The Balaban J connectivity index is 2.01. The molecule has 1 heterocycles. The van der Waals surface area contributed by atoms with Crippen molar-refractivity contribution < 1.29 is 17.6 Å². The highest BCUT2D eigenvalue weighted by Gasteiger charge is 2.31. The molecule has 1 fully saturated rings. The summed E-state index contributed by atoms with van der Waals surface area (Å²) < 4.78 is 38.5. The van der Waals surface area contributed by atoms with E-state index in [9.17, 15) is 17.6 Å². The molecule has 1 amide bonds. The molecule has 0 atom stereocenters. The standard InChI is InChI=1S/C15H19FN2O3S/c1-12(2)11-22(20,21)18-7-6-17(15(19)10-18)9-13-4-3-5-14(16)8-13/h3-5,8H,1,6-7,9-11H2,2H3. The molecule has 22 heavy (non-hydrogen) atoms. The third-order valence-corrected chi connectivity index (χ3v) is 5.32. The van der Waals surface area contributed by atoms with Crippen molar-refractivity contribution >= 4 is 15.9 Å². The lowest BCUT2D eigenvalue weighted by molar-refractivity contribution is -0.134. The largest absolute Gasteiger partial charge is 0.336 e. The third kappa shape index (κ3) is 4.14. The SMILES string of the molecule is C=C(C)CS(=O)(=O)N1CCN(Cc2cccc(F)c2)C(=O)C1. The van der Waals surface area contributed by atoms with Crippen molar-refractivity contribution in [2.75, 3.05) is 25.4 Å². The molecular weight excluding hydrogens is 307 g/mol. The summed E-state index contributed by atoms with van der Waals surface area (Å²) in [5.41, 5.74) is 1.22. The van der Waals surface area contributed by atoms with Crippen LogP contribution in [0.4, 0.5) is 4.39 Å². The van der Waals surface area contributed by atoms with Gasteiger partial charge in [-0.25, -0.2) is 12.8 Å². The molecule has 1 aromatic rings. The van der Waals surface area contributed by atoms with E-state index in [-0.39, 0.29) is 37.1 Å². The van der Waals surface area contributed by atoms with Crippen LogP contribution in [-0.4, -0.2) is 48.9 Å². The molecule has 0 aliphatic carbocycles. The first-order valence-electron chi connectivity index (χ1n) is 6.92. The molecule has 0 saturated carbocycles. The van der Waals surface area contributed by atoms with Crippen LogP contribution in [0.25, 0.3) is 0 Å². The van der Waals surface area contributed by atoms with Crippen LogP contribution in [0.5, 0.6) is 0 Å². The lowest BCUT2D eigenvalue weighted by atomic mass is 10.2. The zero-order chi connectivity index (χ0) is 16.3. The predicted octanol–water partition coefficient (Wildman–Crippen LogP) is 1.38. The average Bonchev–Trinajstić information content (AvgIpc) is 2.39. The molecule has 120 valence electrons. The maximum absolute atomic E-state index is 13.2. The van der Waals surface area contributed by atoms with Gasteiger partial charge in [-0.15, -0.1) is 0 Å². The van der Waals surface area contributed by atoms with E-state index in [1.54, 1.807) is 24.0 Å². The molecule has 5 nitrogen and oxygen atoms in total. The second-order valence-corrected chi connectivity index (χ2v) is 7.46. The van der Waals surface area contributed by atoms with Gasteiger partial charge in [0, 0.05) is 19.6 Å². The quantitative estimate of drug-likeness (QED) is 0.768. The van der Waals surface area contributed by atoms with E-state index in [0.29, 0.717) is 17.7 Å². The second kappa shape index (κ2) is 6.58. The summed E-state index contributed by atoms with van der Waals surface area (Å²) in [5.74, 6) is -0.780. The van der Waals surface area contributed by atoms with Gasteiger partial charge < -0.3 is 4.90 Å². The van der Waals surface area contributed by atoms with Gasteiger partial charge in [-0.3, -0.25) is 4.79 Å². The number of carbonyl (C=O) groups is 1. The van der Waals surface area contributed by atoms with Gasteiger partial charge in [0.25, 0.3) is 0 Å². The van der Waals surface area contributed by atoms with Gasteiger partial charge in [-0.2, -0.15) is 4.31 Å². The van der Waals surface area contributed by atoms with Crippen molar-refractivity contribution in [3.8, 4) is 0 Å². The van der Waals surface area contributed by atoms with Crippen molar-refractivity contribution in [3.63, 3.8) is 0 Å². The molecule has 1 aromatic carbocycles. The molecule has 0 radical (unpaired) electrons. The van der Waals surface area contributed by atoms with Crippen LogP contribution in [0.15, 0.2) is 36.4 Å². The van der Waals surface area contributed by atoms with Crippen molar-refractivity contribution in [3.05, 3.63) is 47.8 Å². The van der Waals surface area contributed by atoms with Gasteiger partial charge in [-0.1, -0.05) is 24.3 Å². The minimum Gasteiger partial charge on any atom is -0.336 e. The van der Waals surface area contributed by atoms with Crippen molar-refractivity contribution in [2.24, 2.45) is 0 Å². The summed E-state index contributed by atoms with van der Waals surface area (Å²) >= 11 is 0. The van der Waals surface area contributed by atoms with E-state index in [2.05, 4.69) is 6.58 Å². The summed E-state index contributed by atoms with van der Waals surface area (Å²) in [6.45, 7) is 5.89. The Morgan fingerprint density at radius 2 is 2.09 bits per heavy atom. The van der Waals surface area contributed by atoms with E-state index >= 15 is 0 Å². The third-order valence-electron chi connectivity index (χ3n) is 3.37. The van der Waals surface area contributed by atoms with Crippen molar-refractivity contribution in [2.45, 2.75) is 13.5 Å². The molecule has 2 rings (SSSR count). The van der Waals surface area contributed by atoms with E-state index < -0.39 is 10.0 Å². The van der Waals surface area contributed by atoms with Crippen LogP contribution in [-0.2, 0) is 21.4 Å². The summed E-state index contributed by atoms with van der Waals surface area (Å²) in [4.78, 5) is 13.7. The molecule has 0 unspecified atom stereocenters. The second-order valence-electron chi connectivity index (χ2n) is 5.49. The summed E-state index contributed by atoms with van der Waals surface area (Å²) in [5, 5.41) is 0. The number of benzene rings is 1. The van der Waals surface area contributed by atoms with Gasteiger partial charge in [-0.05, 0) is 24.6 Å². The number of carbonyl (C=O) groups excluding carboxylic acids is 1. The zero-order valence-corrected chi connectivity index (χ0v) is 13.3. The molecule has 1 aliphatic rings. The number of halogens is 1. The molecule has 0 N–H and O–H groups in total. The topological polar surface area (TPSA) is 57.7 Å². The Morgan fingerprint density at radius 3 is 2.68 bits per heavy atom. The van der Waals surface area contributed by atoms with Gasteiger partial charge in [0.15, 0.2) is 0 Å². The Morgan fingerprint density at radius 1 is 1.36 bits per heavy atom. The molecule has 1 aliphatic heterocycles. The fraction of sp³-hybridized carbons (Fsp3) is 0.400. The van der Waals surface area contributed by atoms with Crippen LogP contribution in [0.3, 0.4) is 0 Å². The van der Waals surface area contributed by atoms with Gasteiger partial charge in [0.2, 0.25) is 15.9 Å². The minimum atomic E-state index is -3.49. The van der Waals surface area contributed by atoms with E-state index in [4.69, 9.17) is 0 Å². The number of nitrogens with zero attached hydrogens (tertiary/aromatic N) is 2. The number of rotatable bonds is 5. The Kier molecular flexibility index (Phi) is 4.97. The number of hydrogen-bond donors (Lipinski definition) is 0. The molecule has 0 aromatic heterocycles. The van der Waals surface area contributed by atoms with Crippen molar-refractivity contribution in [1.29, 1.82) is 0 Å². The van der Waals surface area contributed by atoms with Crippen LogP contribution < -0.4 is 0 Å². The highest BCUT2D eigenvalue weighted by molar-refractivity contribution is 7.89. The number of hydrogen-bond acceptors (Lipinski definition) is 3. The van der Waals surface area contributed by atoms with E-state index in [1.807, 2.05) is 0 Å². The summed E-state index contributed by atoms with van der Waals surface area (Å²) in [6.07, 6.45) is 0. The molecule has 7 heteroatoms. The fourth-order valence-corrected chi connectivity index (χ4v) is 3.82. The van der Waals surface area contributed by atoms with Crippen molar-refractivity contribution in [1.82, 2.24) is 9.21 Å². The maximum atomic E-state index is 13.2. The van der Waals surface area contributed by atoms with E-state index in [1.165, 1.54) is 16.4 Å². The molecule has 0 spiro atoms. The van der Waals surface area contributed by atoms with Gasteiger partial charge in [0.05, 0.1) is 12.3 Å². The normalized spacial score (nSPS) is 16.8. The highest BCUT2D eigenvalue weighted by atomic mass is 32.2. The van der Waals surface area contributed by atoms with Crippen LogP contribution in [0.1, 0.15) is 12.5 Å². The van der Waals surface area contributed by atoms with Gasteiger partial charge in [0.1, 0.15) is 5.82 Å². The predicted molar refractivity (Wildman–Crippen MR) is 82.0 cm³/mol.